The van der Waals surface area contributed by atoms with Crippen LogP contribution in [0.1, 0.15) is 87.4 Å². The number of esters is 1. The molecule has 7 unspecified atom stereocenters. The molecule has 17 N–H and O–H groups in total. The number of aliphatic hydroxyl groups is 7. The fourth-order valence-electron chi connectivity index (χ4n) is 11.3. The number of hydrogen-bond donors (Lipinski definition) is 16. The Morgan fingerprint density at radius 3 is 1.91 bits per heavy atom. The highest BCUT2D eigenvalue weighted by Gasteiger charge is 2.59. The SMILES string of the molecule is CC(=O)N[C@H]1C(O)[C@H](O[C@@H]2OC(CO)[C@H](O)C(O)[C@@H]2NC(=O)CNC(=S)Nc2ccc3c(c2)C(=O)OC32c3ccc(O)cc3Oc3cc(O)ccc32)C(CO)O[C@H]1OC1[C@@H](O)[C@@H](O)C(C(N)=O)O[C@H]1P(=O)(O)OC[C@@H](OC/C=C(/C)CC/C=C(\C)CCC=C(C)C)C(=O)O. The van der Waals surface area contributed by atoms with Crippen LogP contribution in [-0.2, 0) is 67.0 Å². The van der Waals surface area contributed by atoms with E-state index in [0.29, 0.717) is 29.5 Å². The molecule has 31 nitrogen and oxygen atoms in total. The number of allylic oxidation sites excluding steroid dienone is 5. The number of aromatic hydroxyl groups is 2. The minimum Gasteiger partial charge on any atom is -0.508 e. The van der Waals surface area contributed by atoms with E-state index in [1.807, 2.05) is 20.8 Å². The molecule has 0 aromatic heterocycles. The van der Waals surface area contributed by atoms with Gasteiger partial charge in [0.25, 0.3) is 0 Å². The van der Waals surface area contributed by atoms with Crippen LogP contribution in [0, 0.1) is 0 Å². The van der Waals surface area contributed by atoms with Crippen molar-refractivity contribution in [2.45, 2.75) is 164 Å². The number of hydrogen-bond acceptors (Lipinski definition) is 25. The number of carbonyl (C=O) groups is 5. The number of benzene rings is 3. The smallest absolute Gasteiger partial charge is 0.359 e. The number of fused-ring (bicyclic) bond motifs is 6. The number of carboxylic acids is 1. The van der Waals surface area contributed by atoms with E-state index in [1.165, 1.54) is 53.6 Å². The summed E-state index contributed by atoms with van der Waals surface area (Å²) in [7, 11) is -5.57. The average molecular weight is 1360 g/mol. The first kappa shape index (κ1) is 72.8. The van der Waals surface area contributed by atoms with Crippen molar-refractivity contribution in [1.29, 1.82) is 0 Å². The first-order valence-corrected chi connectivity index (χ1v) is 31.8. The summed E-state index contributed by atoms with van der Waals surface area (Å²) in [5.74, 6) is -8.18. The van der Waals surface area contributed by atoms with E-state index < -0.39 is 167 Å². The van der Waals surface area contributed by atoms with Crippen molar-refractivity contribution in [3.63, 3.8) is 0 Å². The predicted molar refractivity (Wildman–Crippen MR) is 329 cm³/mol. The van der Waals surface area contributed by atoms with E-state index in [2.05, 4.69) is 33.4 Å². The molecule has 3 amide bonds. The summed E-state index contributed by atoms with van der Waals surface area (Å²) < 4.78 is 66.3. The normalized spacial score (nSPS) is 28.8. The van der Waals surface area contributed by atoms with Crippen molar-refractivity contribution in [3.05, 3.63) is 112 Å². The number of nitrogens with one attached hydrogen (secondary N) is 4. The Balaban J connectivity index is 0.935. The maximum Gasteiger partial charge on any atom is 0.359 e. The lowest BCUT2D eigenvalue weighted by Gasteiger charge is -2.49. The Morgan fingerprint density at radius 2 is 1.32 bits per heavy atom. The largest absolute Gasteiger partial charge is 0.508 e. The van der Waals surface area contributed by atoms with Gasteiger partial charge >= 0.3 is 19.5 Å². The number of thiocarbonyl (C=S) groups is 1. The average Bonchev–Trinajstić information content (AvgIpc) is 1.48. The fourth-order valence-corrected chi connectivity index (χ4v) is 12.9. The summed E-state index contributed by atoms with van der Waals surface area (Å²) in [6.45, 7) is 4.71. The second kappa shape index (κ2) is 31.2. The van der Waals surface area contributed by atoms with Gasteiger partial charge in [0, 0.05) is 41.4 Å². The molecule has 94 heavy (non-hydrogen) atoms. The van der Waals surface area contributed by atoms with Gasteiger partial charge in [-0.3, -0.25) is 18.9 Å². The molecule has 3 aromatic carbocycles. The number of amides is 3. The molecule has 33 heteroatoms. The Hall–Kier alpha value is -7.05. The molecule has 0 radical (unpaired) electrons. The van der Waals surface area contributed by atoms with Gasteiger partial charge in [0.2, 0.25) is 17.7 Å². The quantitative estimate of drug-likeness (QED) is 0.0222. The molecule has 3 fully saturated rings. The van der Waals surface area contributed by atoms with Gasteiger partial charge in [-0.15, -0.1) is 0 Å². The van der Waals surface area contributed by atoms with Gasteiger partial charge < -0.3 is 125 Å². The highest BCUT2D eigenvalue weighted by Crippen LogP contribution is 2.58. The summed E-state index contributed by atoms with van der Waals surface area (Å²) in [4.78, 5) is 76.5. The third-order valence-electron chi connectivity index (χ3n) is 16.2. The molecular formula is C61H78N5O26PS. The number of ether oxygens (including phenoxy) is 8. The number of aliphatic carboxylic acids is 1. The Labute approximate surface area is 543 Å². The number of carboxylic acid groups (broad SMARTS) is 1. The third kappa shape index (κ3) is 16.6. The Bertz CT molecular complexity index is 3390. The maximum atomic E-state index is 14.2. The molecule has 0 aliphatic carbocycles. The van der Waals surface area contributed by atoms with E-state index in [0.717, 1.165) is 25.3 Å². The van der Waals surface area contributed by atoms with Crippen LogP contribution in [0.3, 0.4) is 0 Å². The monoisotopic (exact) mass is 1360 g/mol. The molecule has 8 rings (SSSR count). The standard InChI is InChI=1S/C61H78N5O26PS/c1-27(2)8-6-9-28(3)10-7-11-29(4)18-19-84-42(55(79)80)26-85-93(82,83)59-53(50(77)49(76)52(91-59)54(62)78)90-58-45(64-30(5)69)48(75)51(41(25-68)88-58)89-57-44(47(74)46(73)40(24-67)87-57)66-43(72)23-63-60(94)65-31-12-15-35-34(20-31)56(81)92-61(35)36-16-13-32(70)21-38(36)86-39-22-33(71)14-17-37(39)61/h8,10,12-18,20-22,40-42,44-53,57-59,67-68,70-71,73-77H,6-7,9,11,19,23-26H2,1-5H3,(H2,62,78)(H,64,69)(H,66,72)(H,79,80)(H,82,83)(H2,63,65,94)/b28-10+,29-18-/t40?,41?,42-,44+,45+,46+,47?,48?,49-,50+,51-,52?,53?,57+,58+,59+/m1/s1. The van der Waals surface area contributed by atoms with Crippen molar-refractivity contribution in [2.75, 3.05) is 38.3 Å². The van der Waals surface area contributed by atoms with Crippen LogP contribution in [-0.4, -0.2) is 221 Å². The number of carbonyl (C=O) groups excluding carboxylic acids is 4. The van der Waals surface area contributed by atoms with Gasteiger partial charge in [0.1, 0.15) is 90.0 Å². The number of phenols is 2. The minimum atomic E-state index is -5.57. The van der Waals surface area contributed by atoms with E-state index >= 15 is 0 Å². The Morgan fingerprint density at radius 1 is 0.734 bits per heavy atom. The van der Waals surface area contributed by atoms with Crippen molar-refractivity contribution in [1.82, 2.24) is 16.0 Å². The number of anilines is 1. The zero-order valence-electron chi connectivity index (χ0n) is 51.5. The summed E-state index contributed by atoms with van der Waals surface area (Å²) in [6.07, 6.45) is -17.8. The first-order valence-electron chi connectivity index (χ1n) is 29.8. The minimum absolute atomic E-state index is 0.0946. The van der Waals surface area contributed by atoms with Gasteiger partial charge in [-0.2, -0.15) is 0 Å². The van der Waals surface area contributed by atoms with Crippen LogP contribution >= 0.6 is 19.8 Å². The molecule has 3 saturated heterocycles. The zero-order chi connectivity index (χ0) is 68.7. The summed E-state index contributed by atoms with van der Waals surface area (Å²) in [5.41, 5.74) is 8.60. The van der Waals surface area contributed by atoms with Gasteiger partial charge in [0.15, 0.2) is 41.3 Å². The van der Waals surface area contributed by atoms with E-state index in [4.69, 9.17) is 60.4 Å². The first-order chi connectivity index (χ1) is 44.5. The number of aliphatic hydroxyl groups excluding tert-OH is 7. The number of nitrogens with two attached hydrogens (primary N) is 1. The molecule has 3 aromatic rings. The van der Waals surface area contributed by atoms with Crippen LogP contribution < -0.4 is 31.7 Å². The predicted octanol–water partition coefficient (Wildman–Crippen LogP) is 0.252. The molecule has 514 valence electrons. The second-order valence-electron chi connectivity index (χ2n) is 23.4. The lowest BCUT2D eigenvalue weighted by Crippen LogP contribution is -2.70. The highest BCUT2D eigenvalue weighted by molar-refractivity contribution is 7.80. The van der Waals surface area contributed by atoms with Crippen LogP contribution in [0.4, 0.5) is 5.69 Å². The second-order valence-corrected chi connectivity index (χ2v) is 25.7. The molecule has 0 bridgehead atoms. The summed E-state index contributed by atoms with van der Waals surface area (Å²) in [6, 6.07) is 9.44. The lowest BCUT2D eigenvalue weighted by molar-refractivity contribution is -0.345. The third-order valence-corrected chi connectivity index (χ3v) is 18.0. The van der Waals surface area contributed by atoms with Gasteiger partial charge in [0.05, 0.1) is 38.5 Å². The number of rotatable bonds is 26. The van der Waals surface area contributed by atoms with Crippen LogP contribution in [0.5, 0.6) is 23.0 Å². The number of primary amides is 1. The number of phenolic OH excluding ortho intramolecular Hbond substituents is 2. The molecule has 17 atom stereocenters. The van der Waals surface area contributed by atoms with Crippen LogP contribution in [0.15, 0.2) is 89.5 Å². The van der Waals surface area contributed by atoms with Crippen molar-refractivity contribution in [2.24, 2.45) is 5.73 Å². The van der Waals surface area contributed by atoms with E-state index in [1.54, 1.807) is 25.1 Å². The molecular weight excluding hydrogens is 1280 g/mol. The maximum absolute atomic E-state index is 14.2. The summed E-state index contributed by atoms with van der Waals surface area (Å²) in [5, 5.41) is 119. The zero-order valence-corrected chi connectivity index (χ0v) is 53.2. The molecule has 5 aliphatic heterocycles. The topological polar surface area (TPSA) is 482 Å². The van der Waals surface area contributed by atoms with Crippen molar-refractivity contribution < 1.29 is 127 Å². The molecule has 5 aliphatic rings. The van der Waals surface area contributed by atoms with Gasteiger partial charge in [-0.05, 0) is 102 Å². The summed E-state index contributed by atoms with van der Waals surface area (Å²) >= 11 is 5.47. The van der Waals surface area contributed by atoms with E-state index in [-0.39, 0.29) is 46.0 Å². The van der Waals surface area contributed by atoms with Gasteiger partial charge in [-0.1, -0.05) is 41.0 Å². The highest BCUT2D eigenvalue weighted by atomic mass is 32.1. The van der Waals surface area contributed by atoms with Crippen molar-refractivity contribution >= 4 is 60.3 Å². The van der Waals surface area contributed by atoms with Crippen LogP contribution in [0.25, 0.3) is 0 Å². The molecule has 0 saturated carbocycles. The van der Waals surface area contributed by atoms with Crippen LogP contribution in [0.2, 0.25) is 0 Å². The molecule has 1 spiro atoms. The Kier molecular flexibility index (Phi) is 24.2. The fraction of sp³-hybridized carbons (Fsp3) is 0.508. The van der Waals surface area contributed by atoms with Gasteiger partial charge in [-0.25, -0.2) is 9.59 Å². The molecule has 5 heterocycles. The lowest BCUT2D eigenvalue weighted by atomic mass is 9.77. The van der Waals surface area contributed by atoms with Crippen molar-refractivity contribution in [3.8, 4) is 23.0 Å². The van der Waals surface area contributed by atoms with E-state index in [9.17, 15) is 84.5 Å².